The summed E-state index contributed by atoms with van der Waals surface area (Å²) >= 11 is 7.71. The fourth-order valence-electron chi connectivity index (χ4n) is 2.91. The first-order chi connectivity index (χ1) is 13.8. The number of carbonyl (C=O) groups excluding carboxylic acids is 2. The highest BCUT2D eigenvalue weighted by Gasteiger charge is 2.26. The van der Waals surface area contributed by atoms with E-state index in [4.69, 9.17) is 11.6 Å². The van der Waals surface area contributed by atoms with Gasteiger partial charge in [-0.2, -0.15) is 0 Å². The van der Waals surface area contributed by atoms with Crippen molar-refractivity contribution in [3.8, 4) is 0 Å². The predicted molar refractivity (Wildman–Crippen MR) is 122 cm³/mol. The molecule has 1 N–H and O–H groups in total. The Labute approximate surface area is 183 Å². The molecule has 0 bridgehead atoms. The lowest BCUT2D eigenvalue weighted by atomic mass is 10.1. The minimum Gasteiger partial charge on any atom is -0.352 e. The maximum Gasteiger partial charge on any atom is 0.242 e. The largest absolute Gasteiger partial charge is 0.352 e. The van der Waals surface area contributed by atoms with Crippen molar-refractivity contribution in [1.29, 1.82) is 0 Å². The number of rotatable bonds is 9. The smallest absolute Gasteiger partial charge is 0.242 e. The molecule has 29 heavy (non-hydrogen) atoms. The number of nitrogens with one attached hydrogen (secondary N) is 1. The predicted octanol–water partition coefficient (Wildman–Crippen LogP) is 4.82. The zero-order valence-corrected chi connectivity index (χ0v) is 19.0. The van der Waals surface area contributed by atoms with Crippen LogP contribution in [0.2, 0.25) is 5.02 Å². The van der Waals surface area contributed by atoms with Gasteiger partial charge in [0.1, 0.15) is 6.04 Å². The van der Waals surface area contributed by atoms with E-state index in [9.17, 15) is 9.59 Å². The standard InChI is InChI=1S/C23H29ClN2O2S/c1-16(2)25-23(28)18(4)26(13-19-10-6-5-9-17(19)3)22(27)15-29-14-20-11-7-8-12-21(20)24/h5-12,16,18H,13-15H2,1-4H3,(H,25,28). The molecule has 0 fully saturated rings. The van der Waals surface area contributed by atoms with Crippen molar-refractivity contribution in [2.75, 3.05) is 5.75 Å². The van der Waals surface area contributed by atoms with Gasteiger partial charge in [0.15, 0.2) is 0 Å². The van der Waals surface area contributed by atoms with Gasteiger partial charge in [-0.3, -0.25) is 9.59 Å². The highest BCUT2D eigenvalue weighted by atomic mass is 35.5. The molecule has 0 aliphatic heterocycles. The molecule has 6 heteroatoms. The molecule has 0 aromatic heterocycles. The van der Waals surface area contributed by atoms with E-state index < -0.39 is 6.04 Å². The molecular formula is C23H29ClN2O2S. The number of aryl methyl sites for hydroxylation is 1. The Morgan fingerprint density at radius 3 is 2.28 bits per heavy atom. The fraction of sp³-hybridized carbons (Fsp3) is 0.391. The Balaban J connectivity index is 2.10. The van der Waals surface area contributed by atoms with Crippen LogP contribution in [-0.2, 0) is 21.9 Å². The second-order valence-corrected chi connectivity index (χ2v) is 8.76. The summed E-state index contributed by atoms with van der Waals surface area (Å²) in [6.45, 7) is 8.04. The van der Waals surface area contributed by atoms with E-state index in [1.54, 1.807) is 11.8 Å². The van der Waals surface area contributed by atoms with Gasteiger partial charge in [-0.05, 0) is 50.5 Å². The Hall–Kier alpha value is -1.98. The average Bonchev–Trinajstić information content (AvgIpc) is 2.67. The lowest BCUT2D eigenvalue weighted by Crippen LogP contribution is -2.49. The van der Waals surface area contributed by atoms with Gasteiger partial charge in [0.2, 0.25) is 11.8 Å². The molecule has 0 heterocycles. The van der Waals surface area contributed by atoms with Crippen molar-refractivity contribution in [2.45, 2.75) is 52.1 Å². The first kappa shape index (κ1) is 23.3. The number of carbonyl (C=O) groups is 2. The summed E-state index contributed by atoms with van der Waals surface area (Å²) in [6, 6.07) is 15.1. The summed E-state index contributed by atoms with van der Waals surface area (Å²) in [5, 5.41) is 3.61. The van der Waals surface area contributed by atoms with Crippen LogP contribution in [0.5, 0.6) is 0 Å². The van der Waals surface area contributed by atoms with E-state index in [1.165, 1.54) is 11.8 Å². The van der Waals surface area contributed by atoms with Crippen molar-refractivity contribution in [3.05, 3.63) is 70.2 Å². The molecule has 0 saturated heterocycles. The Bertz CT molecular complexity index is 841. The van der Waals surface area contributed by atoms with Crippen molar-refractivity contribution in [2.24, 2.45) is 0 Å². The second-order valence-electron chi connectivity index (χ2n) is 7.37. The molecule has 0 saturated carbocycles. The van der Waals surface area contributed by atoms with E-state index >= 15 is 0 Å². The molecule has 0 spiro atoms. The van der Waals surface area contributed by atoms with Crippen LogP contribution < -0.4 is 5.32 Å². The van der Waals surface area contributed by atoms with E-state index in [2.05, 4.69) is 5.32 Å². The molecule has 2 aromatic rings. The molecule has 2 amide bonds. The summed E-state index contributed by atoms with van der Waals surface area (Å²) in [4.78, 5) is 27.3. The lowest BCUT2D eigenvalue weighted by molar-refractivity contribution is -0.138. The monoisotopic (exact) mass is 432 g/mol. The molecule has 156 valence electrons. The van der Waals surface area contributed by atoms with Crippen molar-refractivity contribution < 1.29 is 9.59 Å². The maximum atomic E-state index is 13.1. The van der Waals surface area contributed by atoms with Crippen LogP contribution in [0.25, 0.3) is 0 Å². The van der Waals surface area contributed by atoms with Crippen LogP contribution in [0.4, 0.5) is 0 Å². The van der Waals surface area contributed by atoms with Crippen molar-refractivity contribution in [1.82, 2.24) is 10.2 Å². The zero-order chi connectivity index (χ0) is 21.4. The Kier molecular flexibility index (Phi) is 9.05. The average molecular weight is 433 g/mol. The van der Waals surface area contributed by atoms with Gasteiger partial charge >= 0.3 is 0 Å². The van der Waals surface area contributed by atoms with Crippen LogP contribution >= 0.6 is 23.4 Å². The first-order valence-corrected chi connectivity index (χ1v) is 11.3. The molecule has 1 atom stereocenters. The number of amides is 2. The Morgan fingerprint density at radius 1 is 1.03 bits per heavy atom. The fourth-order valence-corrected chi connectivity index (χ4v) is 4.10. The van der Waals surface area contributed by atoms with Gasteiger partial charge in [-0.25, -0.2) is 0 Å². The quantitative estimate of drug-likeness (QED) is 0.617. The van der Waals surface area contributed by atoms with E-state index in [0.717, 1.165) is 16.7 Å². The highest BCUT2D eigenvalue weighted by Crippen LogP contribution is 2.22. The van der Waals surface area contributed by atoms with Crippen LogP contribution in [-0.4, -0.2) is 34.6 Å². The van der Waals surface area contributed by atoms with Crippen molar-refractivity contribution >= 4 is 35.2 Å². The van der Waals surface area contributed by atoms with Gasteiger partial charge in [0.25, 0.3) is 0 Å². The third-order valence-corrected chi connectivity index (χ3v) is 5.98. The lowest BCUT2D eigenvalue weighted by Gasteiger charge is -2.30. The second kappa shape index (κ2) is 11.3. The van der Waals surface area contributed by atoms with Crippen LogP contribution in [0.3, 0.4) is 0 Å². The molecule has 0 radical (unpaired) electrons. The van der Waals surface area contributed by atoms with Crippen LogP contribution in [0, 0.1) is 6.92 Å². The highest BCUT2D eigenvalue weighted by molar-refractivity contribution is 7.99. The number of nitrogens with zero attached hydrogens (tertiary/aromatic N) is 1. The molecule has 1 unspecified atom stereocenters. The normalized spacial score (nSPS) is 11.9. The van der Waals surface area contributed by atoms with Crippen molar-refractivity contribution in [3.63, 3.8) is 0 Å². The molecule has 2 aromatic carbocycles. The van der Waals surface area contributed by atoms with Gasteiger partial charge in [0, 0.05) is 23.4 Å². The van der Waals surface area contributed by atoms with E-state index in [0.29, 0.717) is 17.3 Å². The van der Waals surface area contributed by atoms with Crippen LogP contribution in [0.15, 0.2) is 48.5 Å². The van der Waals surface area contributed by atoms with Gasteiger partial charge in [-0.15, -0.1) is 11.8 Å². The van der Waals surface area contributed by atoms with Crippen LogP contribution in [0.1, 0.15) is 37.5 Å². The molecule has 2 rings (SSSR count). The minimum atomic E-state index is -0.551. The number of thioether (sulfide) groups is 1. The van der Waals surface area contributed by atoms with Gasteiger partial charge in [-0.1, -0.05) is 54.1 Å². The zero-order valence-electron chi connectivity index (χ0n) is 17.4. The molecule has 0 aliphatic rings. The molecule has 0 aliphatic carbocycles. The van der Waals surface area contributed by atoms with E-state index in [1.807, 2.05) is 69.3 Å². The molecular weight excluding hydrogens is 404 g/mol. The van der Waals surface area contributed by atoms with Gasteiger partial charge < -0.3 is 10.2 Å². The maximum absolute atomic E-state index is 13.1. The van der Waals surface area contributed by atoms with Gasteiger partial charge in [0.05, 0.1) is 5.75 Å². The third kappa shape index (κ3) is 7.09. The summed E-state index contributed by atoms with van der Waals surface area (Å²) in [5.74, 6) is 0.738. The number of hydrogen-bond acceptors (Lipinski definition) is 3. The molecule has 4 nitrogen and oxygen atoms in total. The number of halogens is 1. The third-order valence-electron chi connectivity index (χ3n) is 4.64. The summed E-state index contributed by atoms with van der Waals surface area (Å²) in [7, 11) is 0. The number of benzene rings is 2. The summed E-state index contributed by atoms with van der Waals surface area (Å²) < 4.78 is 0. The number of hydrogen-bond donors (Lipinski definition) is 1. The van der Waals surface area contributed by atoms with E-state index in [-0.39, 0.29) is 23.6 Å². The summed E-state index contributed by atoms with van der Waals surface area (Å²) in [6.07, 6.45) is 0. The Morgan fingerprint density at radius 2 is 1.66 bits per heavy atom. The first-order valence-electron chi connectivity index (χ1n) is 9.75. The topological polar surface area (TPSA) is 49.4 Å². The SMILES string of the molecule is Cc1ccccc1CN(C(=O)CSCc1ccccc1Cl)C(C)C(=O)NC(C)C. The summed E-state index contributed by atoms with van der Waals surface area (Å²) in [5.41, 5.74) is 3.15. The minimum absolute atomic E-state index is 0.0231.